The fraction of sp³-hybridized carbons (Fsp3) is 0.673. The molecule has 0 aromatic heterocycles. The van der Waals surface area contributed by atoms with Crippen molar-refractivity contribution in [2.24, 2.45) is 34.0 Å². The monoisotopic (exact) mass is 964 g/mol. The van der Waals surface area contributed by atoms with Crippen molar-refractivity contribution in [2.75, 3.05) is 25.0 Å². The van der Waals surface area contributed by atoms with Gasteiger partial charge in [-0.3, -0.25) is 24.0 Å². The van der Waals surface area contributed by atoms with E-state index in [0.717, 1.165) is 55.2 Å². The predicted molar refractivity (Wildman–Crippen MR) is 241 cm³/mol. The molecule has 1 aromatic rings. The van der Waals surface area contributed by atoms with Crippen molar-refractivity contribution in [3.05, 3.63) is 59.2 Å². The SMILES string of the molecule is CC(C)(C)OC(=O)NCCCC[C@H](NC(=O)CNC(=O)CBr)C(=O)NC12CC(Cc3ccc([C@@H]4O[C@@H]5C[C@H]6[C@@H]7CCC8=CC(=O)C=C[C@]8(C)[C@H]7[C@@H](O)C[C@]6(C)[C@]5(C(=O)CO)O4)cc3)(C1)C2. The molecule has 1 aliphatic heterocycles. The molecule has 4 amide bonds. The number of allylic oxidation sites excluding steroid dienone is 4. The number of aliphatic hydroxyl groups is 2. The van der Waals surface area contributed by atoms with Gasteiger partial charge < -0.3 is 45.7 Å². The number of carbonyl (C=O) groups excluding carboxylic acids is 6. The van der Waals surface area contributed by atoms with Crippen LogP contribution in [0.3, 0.4) is 0 Å². The molecule has 10 atom stereocenters. The van der Waals surface area contributed by atoms with Gasteiger partial charge in [0.05, 0.1) is 24.1 Å². The minimum Gasteiger partial charge on any atom is -0.444 e. The van der Waals surface area contributed by atoms with E-state index in [1.54, 1.807) is 32.9 Å². The van der Waals surface area contributed by atoms with Gasteiger partial charge >= 0.3 is 6.09 Å². The molecular formula is C49H65BrN4O11. The first-order valence-electron chi connectivity index (χ1n) is 23.3. The number of alkyl carbamates (subject to hydrolysis) is 1. The molecule has 354 valence electrons. The summed E-state index contributed by atoms with van der Waals surface area (Å²) in [6, 6.07) is 7.22. The van der Waals surface area contributed by atoms with Crippen LogP contribution in [0.5, 0.6) is 0 Å². The molecule has 8 aliphatic rings. The van der Waals surface area contributed by atoms with E-state index in [0.29, 0.717) is 38.6 Å². The van der Waals surface area contributed by atoms with Gasteiger partial charge in [0.25, 0.3) is 0 Å². The maximum atomic E-state index is 14.0. The van der Waals surface area contributed by atoms with E-state index in [-0.39, 0.29) is 58.2 Å². The molecule has 9 rings (SSSR count). The van der Waals surface area contributed by atoms with Gasteiger partial charge in [0, 0.05) is 34.4 Å². The summed E-state index contributed by atoms with van der Waals surface area (Å²) in [5.41, 5.74) is -0.648. The van der Waals surface area contributed by atoms with Gasteiger partial charge in [-0.15, -0.1) is 0 Å². The number of nitrogens with one attached hydrogen (secondary N) is 4. The Bertz CT molecular complexity index is 2130. The van der Waals surface area contributed by atoms with E-state index in [1.165, 1.54) is 0 Å². The summed E-state index contributed by atoms with van der Waals surface area (Å²) in [7, 11) is 0. The number of hydrogen-bond donors (Lipinski definition) is 6. The van der Waals surface area contributed by atoms with Gasteiger partial charge in [0.1, 0.15) is 18.2 Å². The van der Waals surface area contributed by atoms with Crippen LogP contribution in [0.25, 0.3) is 0 Å². The van der Waals surface area contributed by atoms with Crippen molar-refractivity contribution in [1.82, 2.24) is 21.3 Å². The van der Waals surface area contributed by atoms with Gasteiger partial charge in [-0.2, -0.15) is 0 Å². The molecule has 65 heavy (non-hydrogen) atoms. The highest BCUT2D eigenvalue weighted by Gasteiger charge is 2.76. The lowest BCUT2D eigenvalue weighted by Crippen LogP contribution is -2.76. The Morgan fingerprint density at radius 3 is 2.42 bits per heavy atom. The van der Waals surface area contributed by atoms with Crippen LogP contribution >= 0.6 is 15.9 Å². The number of amides is 4. The van der Waals surface area contributed by atoms with Gasteiger partial charge in [0.15, 0.2) is 23.5 Å². The number of ketones is 2. The third-order valence-electron chi connectivity index (χ3n) is 16.0. The fourth-order valence-electron chi connectivity index (χ4n) is 13.4. The number of carbonyl (C=O) groups is 6. The number of hydrogen-bond acceptors (Lipinski definition) is 11. The highest BCUT2D eigenvalue weighted by Crippen LogP contribution is 2.71. The van der Waals surface area contributed by atoms with E-state index in [9.17, 15) is 39.0 Å². The van der Waals surface area contributed by atoms with Crippen LogP contribution in [0.2, 0.25) is 0 Å². The number of halogens is 1. The summed E-state index contributed by atoms with van der Waals surface area (Å²) < 4.78 is 18.8. The smallest absolute Gasteiger partial charge is 0.407 e. The van der Waals surface area contributed by atoms with Crippen molar-refractivity contribution in [1.29, 1.82) is 0 Å². The second-order valence-corrected chi connectivity index (χ2v) is 22.1. The Morgan fingerprint density at radius 1 is 1.02 bits per heavy atom. The van der Waals surface area contributed by atoms with E-state index < -0.39 is 71.0 Å². The quantitative estimate of drug-likeness (QED) is 0.0997. The van der Waals surface area contributed by atoms with Crippen molar-refractivity contribution in [3.8, 4) is 0 Å². The van der Waals surface area contributed by atoms with Crippen LogP contribution in [0, 0.1) is 34.0 Å². The lowest BCUT2D eigenvalue weighted by molar-refractivity contribution is -0.201. The summed E-state index contributed by atoms with van der Waals surface area (Å²) >= 11 is 3.07. The maximum absolute atomic E-state index is 14.0. The maximum Gasteiger partial charge on any atom is 0.407 e. The number of rotatable bonds is 16. The summed E-state index contributed by atoms with van der Waals surface area (Å²) in [5, 5.41) is 33.7. The molecule has 16 heteroatoms. The average molecular weight is 966 g/mol. The first kappa shape index (κ1) is 47.5. The fourth-order valence-corrected chi connectivity index (χ4v) is 13.6. The van der Waals surface area contributed by atoms with Crippen molar-refractivity contribution in [2.45, 2.75) is 147 Å². The van der Waals surface area contributed by atoms with E-state index >= 15 is 0 Å². The number of benzene rings is 1. The number of Topliss-reactive ketones (excluding diaryl/α,β-unsaturated/α-hetero) is 1. The number of alkyl halides is 1. The second kappa shape index (κ2) is 17.6. The predicted octanol–water partition coefficient (Wildman–Crippen LogP) is 4.56. The normalized spacial score (nSPS) is 36.6. The molecule has 1 aromatic carbocycles. The highest BCUT2D eigenvalue weighted by molar-refractivity contribution is 9.09. The first-order chi connectivity index (χ1) is 30.7. The molecule has 2 bridgehead atoms. The second-order valence-electron chi connectivity index (χ2n) is 21.5. The number of ether oxygens (including phenoxy) is 3. The molecule has 6 N–H and O–H groups in total. The van der Waals surface area contributed by atoms with Gasteiger partial charge in [-0.25, -0.2) is 4.79 Å². The lowest BCUT2D eigenvalue weighted by atomic mass is 9.38. The topological polar surface area (TPSA) is 219 Å². The molecule has 15 nitrogen and oxygen atoms in total. The molecule has 1 heterocycles. The van der Waals surface area contributed by atoms with Crippen LogP contribution in [0.1, 0.15) is 116 Å². The molecular weight excluding hydrogens is 900 g/mol. The zero-order valence-electron chi connectivity index (χ0n) is 38.1. The lowest BCUT2D eigenvalue weighted by Gasteiger charge is -2.71. The van der Waals surface area contributed by atoms with Crippen LogP contribution in [0.15, 0.2) is 48.1 Å². The van der Waals surface area contributed by atoms with Gasteiger partial charge in [-0.1, -0.05) is 65.7 Å². The minimum atomic E-state index is -1.42. The molecule has 6 saturated carbocycles. The Kier molecular flexibility index (Phi) is 12.9. The molecule has 0 radical (unpaired) electrons. The molecule has 0 spiro atoms. The summed E-state index contributed by atoms with van der Waals surface area (Å²) in [6.45, 7) is 8.91. The van der Waals surface area contributed by atoms with Gasteiger partial charge in [-0.05, 0) is 126 Å². The highest BCUT2D eigenvalue weighted by atomic mass is 79.9. The third kappa shape index (κ3) is 8.75. The van der Waals surface area contributed by atoms with Crippen LogP contribution in [-0.2, 0) is 44.6 Å². The molecule has 0 unspecified atom stereocenters. The Labute approximate surface area is 389 Å². The van der Waals surface area contributed by atoms with Crippen LogP contribution < -0.4 is 21.3 Å². The number of fused-ring (bicyclic) bond motifs is 7. The van der Waals surface area contributed by atoms with E-state index in [4.69, 9.17) is 14.2 Å². The van der Waals surface area contributed by atoms with Gasteiger partial charge in [0.2, 0.25) is 17.7 Å². The minimum absolute atomic E-state index is 0.00736. The molecule has 1 saturated heterocycles. The average Bonchev–Trinajstić information content (AvgIpc) is 3.73. The van der Waals surface area contributed by atoms with Crippen molar-refractivity contribution >= 4 is 51.3 Å². The molecule has 7 aliphatic carbocycles. The van der Waals surface area contributed by atoms with Crippen LogP contribution in [-0.4, -0.2) is 106 Å². The van der Waals surface area contributed by atoms with Crippen molar-refractivity contribution < 1.29 is 53.2 Å². The Hall–Kier alpha value is -3.96. The van der Waals surface area contributed by atoms with Crippen molar-refractivity contribution in [3.63, 3.8) is 0 Å². The Balaban J connectivity index is 0.866. The third-order valence-corrected chi connectivity index (χ3v) is 16.5. The molecule has 7 fully saturated rings. The summed E-state index contributed by atoms with van der Waals surface area (Å²) in [6.07, 6.45) is 9.71. The number of unbranched alkanes of at least 4 members (excludes halogenated alkanes) is 1. The zero-order valence-corrected chi connectivity index (χ0v) is 39.7. The Morgan fingerprint density at radius 2 is 1.74 bits per heavy atom. The van der Waals surface area contributed by atoms with E-state index in [2.05, 4.69) is 56.3 Å². The number of aliphatic hydroxyl groups excluding tert-OH is 2. The van der Waals surface area contributed by atoms with E-state index in [1.807, 2.05) is 25.1 Å². The summed E-state index contributed by atoms with van der Waals surface area (Å²) in [4.78, 5) is 76.5. The first-order valence-corrected chi connectivity index (χ1v) is 24.4. The standard InChI is InChI=1S/C49H65BrN4O11/c1-44(2,3)65-43(62)51-17-7-6-8-34(53-39(60)23-52-38(59)22-50)41(61)54-48-25-47(26-48,27-48)20-28-9-11-29(12-10-28)42-63-37-19-33-32-14-13-30-18-31(56)15-16-45(30,4)40(32)35(57)21-46(33,5)49(37,64-42)36(58)24-55/h9-12,15-16,18,32-35,37,40,42,55,57H,6-8,13-14,17,19-27H2,1-5H3,(H,51,62)(H,52,59)(H,53,60)(H,54,61)/t32-,33-,34-,35-,37+,40+,42+,45-,46-,47?,48?,49+/m0/s1. The van der Waals surface area contributed by atoms with Crippen LogP contribution in [0.4, 0.5) is 4.79 Å². The summed E-state index contributed by atoms with van der Waals surface area (Å²) in [5.74, 6) is -1.57. The largest absolute Gasteiger partial charge is 0.444 e. The zero-order chi connectivity index (χ0) is 46.7.